The van der Waals surface area contributed by atoms with E-state index in [1.807, 2.05) is 24.3 Å². The summed E-state index contributed by atoms with van der Waals surface area (Å²) < 4.78 is 11.6. The van der Waals surface area contributed by atoms with Gasteiger partial charge in [0.2, 0.25) is 5.91 Å². The molecule has 9 nitrogen and oxygen atoms in total. The number of carbonyl (C=O) groups excluding carboxylic acids is 2. The van der Waals surface area contributed by atoms with E-state index in [1.54, 1.807) is 18.0 Å². The Morgan fingerprint density at radius 1 is 1.11 bits per heavy atom. The van der Waals surface area contributed by atoms with Gasteiger partial charge in [0.05, 0.1) is 32.5 Å². The molecule has 1 amide bonds. The molecule has 2 aromatic carbocycles. The van der Waals surface area contributed by atoms with Crippen LogP contribution < -0.4 is 10.1 Å². The number of amides is 1. The Hall–Kier alpha value is -3.72. The first-order chi connectivity index (χ1) is 16.9. The number of nitrogens with zero attached hydrogens (tertiary/aromatic N) is 4. The second-order valence-electron chi connectivity index (χ2n) is 8.91. The fraction of sp³-hybridized carbons (Fsp3) is 0.385. The van der Waals surface area contributed by atoms with Crippen LogP contribution in [-0.4, -0.2) is 58.6 Å². The van der Waals surface area contributed by atoms with Crippen molar-refractivity contribution in [2.75, 3.05) is 20.8 Å². The molecular weight excluding hydrogens is 446 g/mol. The largest absolute Gasteiger partial charge is 0.497 e. The van der Waals surface area contributed by atoms with Crippen molar-refractivity contribution in [3.05, 3.63) is 76.6 Å². The van der Waals surface area contributed by atoms with Gasteiger partial charge in [-0.05, 0) is 49.1 Å². The number of nitrogens with one attached hydrogen (secondary N) is 1. The second-order valence-corrected chi connectivity index (χ2v) is 8.91. The minimum absolute atomic E-state index is 0.0399. The Kier molecular flexibility index (Phi) is 7.45. The Labute approximate surface area is 205 Å². The van der Waals surface area contributed by atoms with Crippen LogP contribution in [0.5, 0.6) is 5.75 Å². The van der Waals surface area contributed by atoms with Gasteiger partial charge in [-0.25, -0.2) is 9.48 Å². The van der Waals surface area contributed by atoms with Crippen LogP contribution in [-0.2, 0) is 22.6 Å². The fourth-order valence-corrected chi connectivity index (χ4v) is 4.41. The molecule has 9 heteroatoms. The predicted octanol–water partition coefficient (Wildman–Crippen LogP) is 2.82. The van der Waals surface area contributed by atoms with Crippen LogP contribution in [0.15, 0.2) is 48.7 Å². The van der Waals surface area contributed by atoms with Gasteiger partial charge in [-0.2, -0.15) is 0 Å². The summed E-state index contributed by atoms with van der Waals surface area (Å²) in [7, 11) is 2.94. The summed E-state index contributed by atoms with van der Waals surface area (Å²) >= 11 is 0. The highest BCUT2D eigenvalue weighted by Crippen LogP contribution is 2.30. The van der Waals surface area contributed by atoms with Crippen LogP contribution in [0.3, 0.4) is 0 Å². The van der Waals surface area contributed by atoms with Crippen molar-refractivity contribution in [2.45, 2.75) is 45.4 Å². The lowest BCUT2D eigenvalue weighted by molar-refractivity contribution is -0.125. The molecule has 2 heterocycles. The highest BCUT2D eigenvalue weighted by atomic mass is 16.5. The summed E-state index contributed by atoms with van der Waals surface area (Å²) in [5.74, 6) is 0.203. The van der Waals surface area contributed by atoms with Crippen LogP contribution >= 0.6 is 0 Å². The van der Waals surface area contributed by atoms with Gasteiger partial charge in [-0.3, -0.25) is 9.69 Å². The molecule has 35 heavy (non-hydrogen) atoms. The lowest BCUT2D eigenvalue weighted by Gasteiger charge is -2.24. The summed E-state index contributed by atoms with van der Waals surface area (Å²) in [4.78, 5) is 27.3. The van der Waals surface area contributed by atoms with E-state index in [0.717, 1.165) is 11.3 Å². The number of hydrogen-bond donors (Lipinski definition) is 1. The average Bonchev–Trinajstić information content (AvgIpc) is 3.52. The first-order valence-corrected chi connectivity index (χ1v) is 11.6. The third kappa shape index (κ3) is 5.68. The molecule has 184 valence electrons. The Bertz CT molecular complexity index is 1190. The van der Waals surface area contributed by atoms with Crippen LogP contribution in [0.4, 0.5) is 0 Å². The smallest absolute Gasteiger partial charge is 0.360 e. The van der Waals surface area contributed by atoms with Crippen molar-refractivity contribution in [1.82, 2.24) is 25.2 Å². The van der Waals surface area contributed by atoms with Crippen LogP contribution in [0.2, 0.25) is 0 Å². The summed E-state index contributed by atoms with van der Waals surface area (Å²) in [5.41, 5.74) is 4.70. The second kappa shape index (κ2) is 10.7. The molecule has 1 aromatic heterocycles. The SMILES string of the molecule is COC(=O)c1cn([C@@H]2C[C@@H](C(=O)NCc3ccc(OC)cc3)N(Cc3cc(C)ccc3C)C2)nn1. The first kappa shape index (κ1) is 24.4. The van der Waals surface area contributed by atoms with E-state index in [2.05, 4.69) is 52.6 Å². The molecule has 0 radical (unpaired) electrons. The molecule has 1 fully saturated rings. The van der Waals surface area contributed by atoms with Gasteiger partial charge >= 0.3 is 5.97 Å². The zero-order valence-corrected chi connectivity index (χ0v) is 20.5. The minimum Gasteiger partial charge on any atom is -0.497 e. The highest BCUT2D eigenvalue weighted by molar-refractivity contribution is 5.86. The summed E-state index contributed by atoms with van der Waals surface area (Å²) in [6.45, 7) is 5.83. The van der Waals surface area contributed by atoms with Gasteiger partial charge in [0.1, 0.15) is 5.75 Å². The molecule has 2 atom stereocenters. The first-order valence-electron chi connectivity index (χ1n) is 11.6. The van der Waals surface area contributed by atoms with Crippen molar-refractivity contribution >= 4 is 11.9 Å². The molecule has 0 spiro atoms. The number of hydrogen-bond acceptors (Lipinski definition) is 7. The maximum absolute atomic E-state index is 13.3. The number of aryl methyl sites for hydroxylation is 2. The highest BCUT2D eigenvalue weighted by Gasteiger charge is 2.38. The summed E-state index contributed by atoms with van der Waals surface area (Å²) in [6.07, 6.45) is 2.15. The van der Waals surface area contributed by atoms with Crippen molar-refractivity contribution in [3.8, 4) is 5.75 Å². The molecule has 1 N–H and O–H groups in total. The van der Waals surface area contributed by atoms with E-state index in [9.17, 15) is 9.59 Å². The van der Waals surface area contributed by atoms with E-state index in [4.69, 9.17) is 9.47 Å². The zero-order valence-electron chi connectivity index (χ0n) is 20.5. The van der Waals surface area contributed by atoms with E-state index < -0.39 is 5.97 Å². The molecule has 3 aromatic rings. The molecule has 0 bridgehead atoms. The molecule has 4 rings (SSSR count). The van der Waals surface area contributed by atoms with Gasteiger partial charge in [0.15, 0.2) is 5.69 Å². The molecule has 1 aliphatic heterocycles. The zero-order chi connectivity index (χ0) is 24.9. The Balaban J connectivity index is 1.52. The monoisotopic (exact) mass is 477 g/mol. The van der Waals surface area contributed by atoms with E-state index in [0.29, 0.717) is 26.1 Å². The fourth-order valence-electron chi connectivity index (χ4n) is 4.41. The number of rotatable bonds is 8. The van der Waals surface area contributed by atoms with Crippen molar-refractivity contribution in [3.63, 3.8) is 0 Å². The topological polar surface area (TPSA) is 98.6 Å². The lowest BCUT2D eigenvalue weighted by Crippen LogP contribution is -2.42. The van der Waals surface area contributed by atoms with Crippen molar-refractivity contribution in [2.24, 2.45) is 0 Å². The maximum atomic E-state index is 13.3. The number of methoxy groups -OCH3 is 2. The van der Waals surface area contributed by atoms with Crippen LogP contribution in [0, 0.1) is 13.8 Å². The van der Waals surface area contributed by atoms with Gasteiger partial charge in [0, 0.05) is 19.6 Å². The van der Waals surface area contributed by atoms with Gasteiger partial charge < -0.3 is 14.8 Å². The quantitative estimate of drug-likeness (QED) is 0.498. The number of aromatic nitrogens is 3. The molecule has 0 aliphatic carbocycles. The molecule has 1 saturated heterocycles. The molecule has 0 unspecified atom stereocenters. The minimum atomic E-state index is -0.532. The van der Waals surface area contributed by atoms with Crippen LogP contribution in [0.1, 0.15) is 45.2 Å². The summed E-state index contributed by atoms with van der Waals surface area (Å²) in [6, 6.07) is 13.6. The predicted molar refractivity (Wildman–Crippen MR) is 130 cm³/mol. The third-order valence-electron chi connectivity index (χ3n) is 6.47. The van der Waals surface area contributed by atoms with Crippen molar-refractivity contribution < 1.29 is 19.1 Å². The van der Waals surface area contributed by atoms with E-state index in [1.165, 1.54) is 23.8 Å². The normalized spacial score (nSPS) is 17.8. The Morgan fingerprint density at radius 2 is 1.89 bits per heavy atom. The van der Waals surface area contributed by atoms with Gasteiger partial charge in [-0.1, -0.05) is 41.1 Å². The molecule has 1 aliphatic rings. The van der Waals surface area contributed by atoms with Crippen molar-refractivity contribution in [1.29, 1.82) is 0 Å². The third-order valence-corrected chi connectivity index (χ3v) is 6.47. The number of likely N-dealkylation sites (tertiary alicyclic amines) is 1. The molecule has 0 saturated carbocycles. The van der Waals surface area contributed by atoms with Gasteiger partial charge in [-0.15, -0.1) is 5.10 Å². The van der Waals surface area contributed by atoms with E-state index >= 15 is 0 Å². The standard InChI is InChI=1S/C26H31N5O4/c1-17-5-6-18(2)20(11-17)14-30-15-21(31-16-23(28-29-31)26(33)35-4)12-24(30)25(32)27-13-19-7-9-22(34-3)10-8-19/h5-11,16,21,24H,12-15H2,1-4H3,(H,27,32)/t21-,24+/m1/s1. The number of benzene rings is 2. The van der Waals surface area contributed by atoms with Crippen LogP contribution in [0.25, 0.3) is 0 Å². The van der Waals surface area contributed by atoms with E-state index in [-0.39, 0.29) is 23.7 Å². The maximum Gasteiger partial charge on any atom is 0.360 e. The lowest BCUT2D eigenvalue weighted by atomic mass is 10.0. The summed E-state index contributed by atoms with van der Waals surface area (Å²) in [5, 5.41) is 11.2. The van der Waals surface area contributed by atoms with Gasteiger partial charge in [0.25, 0.3) is 0 Å². The average molecular weight is 478 g/mol. The Morgan fingerprint density at radius 3 is 2.60 bits per heavy atom. The molecular formula is C26H31N5O4. The number of carbonyl (C=O) groups is 2. The number of ether oxygens (including phenoxy) is 2. The number of esters is 1.